The van der Waals surface area contributed by atoms with Crippen molar-refractivity contribution in [2.45, 2.75) is 38.3 Å². The molecular weight excluding hydrogens is 286 g/mol. The normalized spacial score (nSPS) is 19.7. The summed E-state index contributed by atoms with van der Waals surface area (Å²) in [5.74, 6) is 1.57. The molecule has 4 nitrogen and oxygen atoms in total. The summed E-state index contributed by atoms with van der Waals surface area (Å²) in [6.45, 7) is 3.62. The Morgan fingerprint density at radius 3 is 2.76 bits per heavy atom. The lowest BCUT2D eigenvalue weighted by Crippen LogP contribution is -2.30. The second-order valence-corrected chi connectivity index (χ2v) is 6.65. The van der Waals surface area contributed by atoms with Crippen molar-refractivity contribution in [3.8, 4) is 0 Å². The number of ether oxygens (including phenoxy) is 1. The summed E-state index contributed by atoms with van der Waals surface area (Å²) in [5, 5.41) is 4.24. The van der Waals surface area contributed by atoms with Crippen LogP contribution >= 0.6 is 11.6 Å². The van der Waals surface area contributed by atoms with E-state index in [1.807, 2.05) is 12.3 Å². The van der Waals surface area contributed by atoms with Gasteiger partial charge in [0.25, 0.3) is 0 Å². The van der Waals surface area contributed by atoms with Crippen LogP contribution in [-0.4, -0.2) is 37.8 Å². The van der Waals surface area contributed by atoms with E-state index >= 15 is 0 Å². The minimum atomic E-state index is 0.679. The summed E-state index contributed by atoms with van der Waals surface area (Å²) < 4.78 is 5.41. The van der Waals surface area contributed by atoms with Crippen molar-refractivity contribution in [3.63, 3.8) is 0 Å². The van der Waals surface area contributed by atoms with Gasteiger partial charge in [0.1, 0.15) is 5.82 Å². The second-order valence-electron chi connectivity index (χ2n) is 6.24. The average molecular weight is 310 g/mol. The Balaban J connectivity index is 1.57. The predicted octanol–water partition coefficient (Wildman–Crippen LogP) is 2.85. The Hall–Kier alpha value is -0.840. The molecule has 2 fully saturated rings. The molecule has 3 rings (SSSR count). The van der Waals surface area contributed by atoms with E-state index < -0.39 is 0 Å². The molecule has 1 aromatic heterocycles. The highest BCUT2D eigenvalue weighted by atomic mass is 35.5. The van der Waals surface area contributed by atoms with Crippen molar-refractivity contribution < 1.29 is 4.74 Å². The molecule has 0 radical (unpaired) electrons. The molecule has 116 valence electrons. The monoisotopic (exact) mass is 309 g/mol. The Kier molecular flexibility index (Phi) is 4.99. The first-order chi connectivity index (χ1) is 10.2. The smallest absolute Gasteiger partial charge is 0.147 e. The first kappa shape index (κ1) is 15.1. The molecule has 2 heterocycles. The van der Waals surface area contributed by atoms with Crippen molar-refractivity contribution in [2.24, 2.45) is 5.92 Å². The second kappa shape index (κ2) is 6.95. The lowest BCUT2D eigenvalue weighted by Gasteiger charge is -2.28. The highest BCUT2D eigenvalue weighted by Gasteiger charge is 2.21. The number of aromatic nitrogens is 1. The number of anilines is 1. The fourth-order valence-electron chi connectivity index (χ4n) is 2.80. The molecule has 0 atom stereocenters. The summed E-state index contributed by atoms with van der Waals surface area (Å²) in [5.41, 5.74) is 1.16. The van der Waals surface area contributed by atoms with Gasteiger partial charge in [-0.05, 0) is 43.2 Å². The van der Waals surface area contributed by atoms with Crippen LogP contribution in [0.2, 0.25) is 5.02 Å². The fraction of sp³-hybridized carbons (Fsp3) is 0.688. The highest BCUT2D eigenvalue weighted by molar-refractivity contribution is 6.33. The van der Waals surface area contributed by atoms with E-state index in [0.29, 0.717) is 12.0 Å². The van der Waals surface area contributed by atoms with E-state index in [2.05, 4.69) is 22.2 Å². The topological polar surface area (TPSA) is 37.4 Å². The number of nitrogens with zero attached hydrogens (tertiary/aromatic N) is 2. The molecule has 1 N–H and O–H groups in total. The number of pyridine rings is 1. The number of nitrogens with one attached hydrogen (secondary N) is 1. The van der Waals surface area contributed by atoms with Gasteiger partial charge in [0.05, 0.1) is 5.02 Å². The van der Waals surface area contributed by atoms with E-state index in [1.165, 1.54) is 12.8 Å². The fourth-order valence-corrected chi connectivity index (χ4v) is 3.13. The largest absolute Gasteiger partial charge is 0.381 e. The number of halogens is 1. The zero-order valence-corrected chi connectivity index (χ0v) is 13.4. The molecule has 2 aliphatic rings. The molecule has 0 unspecified atom stereocenters. The van der Waals surface area contributed by atoms with Crippen LogP contribution in [0.4, 0.5) is 5.82 Å². The minimum absolute atomic E-state index is 0.679. The standard InChI is InChI=1S/C16H24ClN3O/c1-20(11-12-4-6-21-7-5-12)16-15(17)8-13(10-19-16)9-18-14-2-3-14/h8,10,12,14,18H,2-7,9,11H2,1H3. The van der Waals surface area contributed by atoms with Crippen molar-refractivity contribution in [1.29, 1.82) is 0 Å². The molecule has 1 aliphatic heterocycles. The van der Waals surface area contributed by atoms with Gasteiger partial charge in [-0.3, -0.25) is 0 Å². The zero-order valence-electron chi connectivity index (χ0n) is 12.6. The quantitative estimate of drug-likeness (QED) is 0.877. The van der Waals surface area contributed by atoms with Gasteiger partial charge in [-0.1, -0.05) is 11.6 Å². The van der Waals surface area contributed by atoms with Crippen LogP contribution < -0.4 is 10.2 Å². The molecular formula is C16H24ClN3O. The Morgan fingerprint density at radius 2 is 2.10 bits per heavy atom. The molecule has 1 aromatic rings. The SMILES string of the molecule is CN(CC1CCOCC1)c1ncc(CNC2CC2)cc1Cl. The third-order valence-corrected chi connectivity index (χ3v) is 4.56. The Labute approximate surface area is 131 Å². The van der Waals surface area contributed by atoms with E-state index in [1.54, 1.807) is 0 Å². The molecule has 21 heavy (non-hydrogen) atoms. The molecule has 0 spiro atoms. The van der Waals surface area contributed by atoms with Gasteiger partial charge in [-0.15, -0.1) is 0 Å². The van der Waals surface area contributed by atoms with Gasteiger partial charge < -0.3 is 15.0 Å². The van der Waals surface area contributed by atoms with Gasteiger partial charge in [0, 0.05) is 45.6 Å². The number of hydrogen-bond acceptors (Lipinski definition) is 4. The van der Waals surface area contributed by atoms with Crippen molar-refractivity contribution >= 4 is 17.4 Å². The van der Waals surface area contributed by atoms with Gasteiger partial charge in [0.2, 0.25) is 0 Å². The molecule has 1 saturated heterocycles. The van der Waals surface area contributed by atoms with Crippen LogP contribution in [0.5, 0.6) is 0 Å². The summed E-state index contributed by atoms with van der Waals surface area (Å²) in [7, 11) is 2.08. The molecule has 5 heteroatoms. The van der Waals surface area contributed by atoms with Crippen LogP contribution in [0.1, 0.15) is 31.2 Å². The molecule has 1 aliphatic carbocycles. The first-order valence-corrected chi connectivity index (χ1v) is 8.27. The summed E-state index contributed by atoms with van der Waals surface area (Å²) in [6.07, 6.45) is 6.80. The molecule has 0 amide bonds. The Morgan fingerprint density at radius 1 is 1.33 bits per heavy atom. The zero-order chi connectivity index (χ0) is 14.7. The van der Waals surface area contributed by atoms with E-state index in [-0.39, 0.29) is 0 Å². The van der Waals surface area contributed by atoms with Gasteiger partial charge in [-0.25, -0.2) is 4.98 Å². The maximum Gasteiger partial charge on any atom is 0.147 e. The maximum atomic E-state index is 6.42. The molecule has 1 saturated carbocycles. The van der Waals surface area contributed by atoms with Crippen LogP contribution in [0.3, 0.4) is 0 Å². The lowest BCUT2D eigenvalue weighted by atomic mass is 10.00. The number of hydrogen-bond donors (Lipinski definition) is 1. The summed E-state index contributed by atoms with van der Waals surface area (Å²) in [6, 6.07) is 2.75. The van der Waals surface area contributed by atoms with Crippen LogP contribution in [0, 0.1) is 5.92 Å². The minimum Gasteiger partial charge on any atom is -0.381 e. The third kappa shape index (κ3) is 4.31. The maximum absolute atomic E-state index is 6.42. The van der Waals surface area contributed by atoms with Crippen LogP contribution in [0.15, 0.2) is 12.3 Å². The van der Waals surface area contributed by atoms with Crippen LogP contribution in [-0.2, 0) is 11.3 Å². The predicted molar refractivity (Wildman–Crippen MR) is 85.9 cm³/mol. The van der Waals surface area contributed by atoms with Gasteiger partial charge in [0.15, 0.2) is 0 Å². The summed E-state index contributed by atoms with van der Waals surface area (Å²) >= 11 is 6.42. The van der Waals surface area contributed by atoms with Crippen molar-refractivity contribution in [3.05, 3.63) is 22.8 Å². The lowest BCUT2D eigenvalue weighted by molar-refractivity contribution is 0.0685. The highest BCUT2D eigenvalue weighted by Crippen LogP contribution is 2.26. The van der Waals surface area contributed by atoms with Gasteiger partial charge in [-0.2, -0.15) is 0 Å². The third-order valence-electron chi connectivity index (χ3n) is 4.29. The van der Waals surface area contributed by atoms with Crippen molar-refractivity contribution in [1.82, 2.24) is 10.3 Å². The van der Waals surface area contributed by atoms with Crippen LogP contribution in [0.25, 0.3) is 0 Å². The average Bonchev–Trinajstić information content (AvgIpc) is 3.30. The summed E-state index contributed by atoms with van der Waals surface area (Å²) in [4.78, 5) is 6.74. The van der Waals surface area contributed by atoms with Gasteiger partial charge >= 0.3 is 0 Å². The molecule has 0 bridgehead atoms. The molecule has 0 aromatic carbocycles. The number of rotatable bonds is 6. The van der Waals surface area contributed by atoms with E-state index in [0.717, 1.165) is 55.5 Å². The first-order valence-electron chi connectivity index (χ1n) is 7.89. The van der Waals surface area contributed by atoms with E-state index in [9.17, 15) is 0 Å². The van der Waals surface area contributed by atoms with Crippen molar-refractivity contribution in [2.75, 3.05) is 31.7 Å². The Bertz CT molecular complexity index is 473. The van der Waals surface area contributed by atoms with E-state index in [4.69, 9.17) is 16.3 Å².